The van der Waals surface area contributed by atoms with Crippen molar-refractivity contribution in [3.63, 3.8) is 0 Å². The van der Waals surface area contributed by atoms with Crippen molar-refractivity contribution in [2.75, 3.05) is 11.9 Å². The van der Waals surface area contributed by atoms with Crippen LogP contribution in [-0.2, 0) is 16.1 Å². The number of hydrogen-bond donors (Lipinski definition) is 4. The number of thiol groups is 1. The number of amides is 3. The van der Waals surface area contributed by atoms with Gasteiger partial charge in [-0.3, -0.25) is 9.59 Å². The molecule has 7 nitrogen and oxygen atoms in total. The molecule has 0 atom stereocenters. The summed E-state index contributed by atoms with van der Waals surface area (Å²) in [6, 6.07) is 14.2. The van der Waals surface area contributed by atoms with E-state index >= 15 is 0 Å². The fourth-order valence-electron chi connectivity index (χ4n) is 2.53. The summed E-state index contributed by atoms with van der Waals surface area (Å²) in [4.78, 5) is 36.8. The van der Waals surface area contributed by atoms with E-state index in [1.807, 2.05) is 12.1 Å². The van der Waals surface area contributed by atoms with E-state index in [1.165, 1.54) is 0 Å². The predicted octanol–water partition coefficient (Wildman–Crippen LogP) is 3.76. The lowest BCUT2D eigenvalue weighted by molar-refractivity contribution is -0.121. The average Bonchev–Trinajstić information content (AvgIpc) is 2.66. The van der Waals surface area contributed by atoms with Crippen molar-refractivity contribution in [3.05, 3.63) is 59.7 Å². The van der Waals surface area contributed by atoms with Gasteiger partial charge < -0.3 is 20.7 Å². The quantitative estimate of drug-likeness (QED) is 0.504. The Balaban J connectivity index is 1.86. The lowest BCUT2D eigenvalue weighted by Crippen LogP contribution is -2.35. The summed E-state index contributed by atoms with van der Waals surface area (Å²) in [5.74, 6) is -0.506. The molecular weight excluding hydrogens is 402 g/mol. The number of carbonyl (C=O) groups excluding carboxylic acids is 3. The number of carbonyl (C=O) groups is 3. The summed E-state index contributed by atoms with van der Waals surface area (Å²) in [6.45, 7) is 5.71. The van der Waals surface area contributed by atoms with E-state index in [4.69, 9.17) is 4.74 Å². The van der Waals surface area contributed by atoms with Crippen LogP contribution in [0.15, 0.2) is 53.4 Å². The zero-order chi connectivity index (χ0) is 22.1. The van der Waals surface area contributed by atoms with Crippen molar-refractivity contribution in [2.24, 2.45) is 0 Å². The summed E-state index contributed by atoms with van der Waals surface area (Å²) in [5.41, 5.74) is 1.24. The zero-order valence-electron chi connectivity index (χ0n) is 17.3. The first kappa shape index (κ1) is 23.3. The van der Waals surface area contributed by atoms with Gasteiger partial charge in [-0.05, 0) is 44.5 Å². The van der Waals surface area contributed by atoms with Gasteiger partial charge in [-0.2, -0.15) is 0 Å². The molecule has 0 fully saturated rings. The molecule has 0 radical (unpaired) electrons. The van der Waals surface area contributed by atoms with Crippen LogP contribution in [0.4, 0.5) is 10.5 Å². The number of rotatable bonds is 7. The maximum atomic E-state index is 12.5. The van der Waals surface area contributed by atoms with Crippen LogP contribution in [-0.4, -0.2) is 30.1 Å². The van der Waals surface area contributed by atoms with Crippen LogP contribution in [0.1, 0.15) is 43.1 Å². The molecule has 0 saturated carbocycles. The van der Waals surface area contributed by atoms with E-state index in [2.05, 4.69) is 28.6 Å². The van der Waals surface area contributed by atoms with Crippen molar-refractivity contribution in [2.45, 2.75) is 44.2 Å². The third-order valence-electron chi connectivity index (χ3n) is 3.91. The summed E-state index contributed by atoms with van der Waals surface area (Å²) < 4.78 is 5.12. The molecule has 0 bridgehead atoms. The summed E-state index contributed by atoms with van der Waals surface area (Å²) >= 11 is 4.31. The number of nitrogens with one attached hydrogen (secondary N) is 3. The van der Waals surface area contributed by atoms with Gasteiger partial charge in [0, 0.05) is 30.1 Å². The molecule has 30 heavy (non-hydrogen) atoms. The Morgan fingerprint density at radius 3 is 2.33 bits per heavy atom. The molecular formula is C22H27N3O4S. The average molecular weight is 430 g/mol. The second kappa shape index (κ2) is 10.7. The Hall–Kier alpha value is -3.00. The fraction of sp³-hybridized carbons (Fsp3) is 0.318. The van der Waals surface area contributed by atoms with Gasteiger partial charge in [0.1, 0.15) is 5.60 Å². The second-order valence-electron chi connectivity index (χ2n) is 7.58. The molecule has 0 unspecified atom stereocenters. The molecule has 2 aromatic rings. The topological polar surface area (TPSA) is 96.5 Å². The van der Waals surface area contributed by atoms with Crippen LogP contribution >= 0.6 is 12.6 Å². The first-order valence-electron chi connectivity index (χ1n) is 9.56. The Morgan fingerprint density at radius 1 is 0.967 bits per heavy atom. The van der Waals surface area contributed by atoms with Gasteiger partial charge in [0.25, 0.3) is 5.91 Å². The number of ether oxygens (including phenoxy) is 1. The number of para-hydroxylation sites is 1. The molecule has 3 N–H and O–H groups in total. The lowest BCUT2D eigenvalue weighted by atomic mass is 10.1. The monoisotopic (exact) mass is 429 g/mol. The molecule has 2 aromatic carbocycles. The van der Waals surface area contributed by atoms with E-state index < -0.39 is 11.7 Å². The first-order chi connectivity index (χ1) is 14.2. The molecule has 0 spiro atoms. The first-order valence-corrected chi connectivity index (χ1v) is 10.0. The minimum absolute atomic E-state index is 0.112. The molecule has 0 heterocycles. The fourth-order valence-corrected chi connectivity index (χ4v) is 2.79. The smallest absolute Gasteiger partial charge is 0.407 e. The SMILES string of the molecule is CC(C)(C)OC(=O)NCCC(=O)NCc1ccccc1NC(=O)c1ccccc1S. The van der Waals surface area contributed by atoms with E-state index in [9.17, 15) is 14.4 Å². The zero-order valence-corrected chi connectivity index (χ0v) is 18.2. The molecule has 160 valence electrons. The van der Waals surface area contributed by atoms with Crippen molar-refractivity contribution in [1.29, 1.82) is 0 Å². The molecule has 0 aliphatic heterocycles. The molecule has 2 rings (SSSR count). The minimum Gasteiger partial charge on any atom is -0.444 e. The molecule has 3 amide bonds. The minimum atomic E-state index is -0.589. The van der Waals surface area contributed by atoms with E-state index in [0.29, 0.717) is 16.1 Å². The van der Waals surface area contributed by atoms with Crippen LogP contribution in [0.5, 0.6) is 0 Å². The van der Waals surface area contributed by atoms with Gasteiger partial charge >= 0.3 is 6.09 Å². The summed E-state index contributed by atoms with van der Waals surface area (Å²) in [6.07, 6.45) is -0.450. The maximum Gasteiger partial charge on any atom is 0.407 e. The number of anilines is 1. The standard InChI is InChI=1S/C22H27N3O4S/c1-22(2,3)29-21(28)23-13-12-19(26)24-14-15-8-4-6-10-17(15)25-20(27)16-9-5-7-11-18(16)30/h4-11,30H,12-14H2,1-3H3,(H,23,28)(H,24,26)(H,25,27). The third kappa shape index (κ3) is 7.79. The molecule has 0 aliphatic rings. The maximum absolute atomic E-state index is 12.5. The van der Waals surface area contributed by atoms with E-state index in [1.54, 1.807) is 57.2 Å². The highest BCUT2D eigenvalue weighted by atomic mass is 32.1. The Kier molecular flexibility index (Phi) is 8.29. The Morgan fingerprint density at radius 2 is 1.63 bits per heavy atom. The van der Waals surface area contributed by atoms with Crippen LogP contribution in [0.2, 0.25) is 0 Å². The number of benzene rings is 2. The van der Waals surface area contributed by atoms with Gasteiger partial charge in [-0.25, -0.2) is 4.79 Å². The van der Waals surface area contributed by atoms with Gasteiger partial charge in [-0.1, -0.05) is 30.3 Å². The molecule has 8 heteroatoms. The molecule has 0 saturated heterocycles. The highest BCUT2D eigenvalue weighted by molar-refractivity contribution is 7.80. The van der Waals surface area contributed by atoms with Gasteiger partial charge in [0.15, 0.2) is 0 Å². The van der Waals surface area contributed by atoms with Crippen molar-refractivity contribution >= 4 is 36.2 Å². The van der Waals surface area contributed by atoms with Crippen molar-refractivity contribution in [3.8, 4) is 0 Å². The second-order valence-corrected chi connectivity index (χ2v) is 8.07. The van der Waals surface area contributed by atoms with Gasteiger partial charge in [-0.15, -0.1) is 12.6 Å². The highest BCUT2D eigenvalue weighted by Crippen LogP contribution is 2.19. The van der Waals surface area contributed by atoms with E-state index in [0.717, 1.165) is 5.56 Å². The predicted molar refractivity (Wildman–Crippen MR) is 119 cm³/mol. The Labute approximate surface area is 182 Å². The van der Waals surface area contributed by atoms with Crippen molar-refractivity contribution in [1.82, 2.24) is 10.6 Å². The highest BCUT2D eigenvalue weighted by Gasteiger charge is 2.16. The molecule has 0 aromatic heterocycles. The van der Waals surface area contributed by atoms with Crippen LogP contribution < -0.4 is 16.0 Å². The summed E-state index contributed by atoms with van der Waals surface area (Å²) in [5, 5.41) is 8.19. The van der Waals surface area contributed by atoms with Crippen LogP contribution in [0, 0.1) is 0 Å². The largest absolute Gasteiger partial charge is 0.444 e. The van der Waals surface area contributed by atoms with Crippen LogP contribution in [0.25, 0.3) is 0 Å². The third-order valence-corrected chi connectivity index (χ3v) is 4.30. The lowest BCUT2D eigenvalue weighted by Gasteiger charge is -2.19. The van der Waals surface area contributed by atoms with Crippen LogP contribution in [0.3, 0.4) is 0 Å². The van der Waals surface area contributed by atoms with Gasteiger partial charge in [0.05, 0.1) is 5.56 Å². The normalized spacial score (nSPS) is 10.8. The van der Waals surface area contributed by atoms with Gasteiger partial charge in [0.2, 0.25) is 5.91 Å². The van der Waals surface area contributed by atoms with E-state index in [-0.39, 0.29) is 31.3 Å². The molecule has 0 aliphatic carbocycles. The summed E-state index contributed by atoms with van der Waals surface area (Å²) in [7, 11) is 0. The Bertz CT molecular complexity index is 909. The number of alkyl carbamates (subject to hydrolysis) is 1. The number of hydrogen-bond acceptors (Lipinski definition) is 5. The van der Waals surface area contributed by atoms with Crippen molar-refractivity contribution < 1.29 is 19.1 Å².